The van der Waals surface area contributed by atoms with Crippen molar-refractivity contribution in [3.05, 3.63) is 30.0 Å². The van der Waals surface area contributed by atoms with E-state index in [1.807, 2.05) is 24.3 Å². The summed E-state index contributed by atoms with van der Waals surface area (Å²) in [5.41, 5.74) is 1.91. The Morgan fingerprint density at radius 1 is 1.11 bits per heavy atom. The molecule has 0 unspecified atom stereocenters. The van der Waals surface area contributed by atoms with Crippen molar-refractivity contribution < 1.29 is 9.47 Å². The highest BCUT2D eigenvalue weighted by Crippen LogP contribution is 2.35. The van der Waals surface area contributed by atoms with E-state index >= 15 is 0 Å². The van der Waals surface area contributed by atoms with Gasteiger partial charge in [0.1, 0.15) is 17.0 Å². The monoisotopic (exact) mass is 259 g/mol. The van der Waals surface area contributed by atoms with Crippen LogP contribution in [0, 0.1) is 0 Å². The van der Waals surface area contributed by atoms with Gasteiger partial charge in [0, 0.05) is 16.9 Å². The van der Waals surface area contributed by atoms with Gasteiger partial charge in [0.15, 0.2) is 0 Å². The van der Waals surface area contributed by atoms with Crippen LogP contribution in [0.15, 0.2) is 24.3 Å². The molecule has 0 N–H and O–H groups in total. The summed E-state index contributed by atoms with van der Waals surface area (Å²) >= 11 is 0. The van der Waals surface area contributed by atoms with E-state index < -0.39 is 0 Å². The van der Waals surface area contributed by atoms with Gasteiger partial charge >= 0.3 is 0 Å². The van der Waals surface area contributed by atoms with Gasteiger partial charge < -0.3 is 9.47 Å². The van der Waals surface area contributed by atoms with Crippen molar-refractivity contribution in [2.75, 3.05) is 14.2 Å². The smallest absolute Gasteiger partial charge is 0.145 e. The number of fused-ring (bicyclic) bond motifs is 1. The number of benzene rings is 1. The number of ether oxygens (including phenoxy) is 2. The Morgan fingerprint density at radius 3 is 2.37 bits per heavy atom. The number of aromatic nitrogens is 1. The molecule has 0 amide bonds. The normalized spacial score (nSPS) is 11.6. The third-order valence-corrected chi connectivity index (χ3v) is 3.78. The van der Waals surface area contributed by atoms with E-state index in [1.54, 1.807) is 14.2 Å². The van der Waals surface area contributed by atoms with Crippen LogP contribution in [0.25, 0.3) is 10.9 Å². The SMILES string of the molecule is CCC(C)(C)c1cc(OC)c2cccc(OC)c2n1. The topological polar surface area (TPSA) is 31.4 Å². The maximum absolute atomic E-state index is 5.51. The number of hydrogen-bond donors (Lipinski definition) is 0. The third-order valence-electron chi connectivity index (χ3n) is 3.78. The van der Waals surface area contributed by atoms with Gasteiger partial charge in [-0.05, 0) is 18.6 Å². The van der Waals surface area contributed by atoms with Gasteiger partial charge in [-0.25, -0.2) is 4.98 Å². The Balaban J connectivity index is 2.77. The van der Waals surface area contributed by atoms with Gasteiger partial charge in [0.2, 0.25) is 0 Å². The molecule has 3 nitrogen and oxygen atoms in total. The average Bonchev–Trinajstić information content (AvgIpc) is 2.45. The molecule has 0 bridgehead atoms. The fourth-order valence-corrected chi connectivity index (χ4v) is 2.05. The summed E-state index contributed by atoms with van der Waals surface area (Å²) in [7, 11) is 3.36. The Labute approximate surface area is 114 Å². The van der Waals surface area contributed by atoms with Gasteiger partial charge in [-0.2, -0.15) is 0 Å². The lowest BCUT2D eigenvalue weighted by Gasteiger charge is -2.23. The molecule has 1 aromatic heterocycles. The van der Waals surface area contributed by atoms with Gasteiger partial charge in [0.05, 0.1) is 19.9 Å². The van der Waals surface area contributed by atoms with Crippen molar-refractivity contribution in [2.45, 2.75) is 32.6 Å². The first-order valence-electron chi connectivity index (χ1n) is 6.55. The number of hydrogen-bond acceptors (Lipinski definition) is 3. The molecule has 0 saturated heterocycles. The van der Waals surface area contributed by atoms with Crippen molar-refractivity contribution in [3.63, 3.8) is 0 Å². The van der Waals surface area contributed by atoms with E-state index in [1.165, 1.54) is 0 Å². The molecule has 0 atom stereocenters. The second-order valence-corrected chi connectivity index (χ2v) is 5.30. The van der Waals surface area contributed by atoms with Crippen molar-refractivity contribution in [1.29, 1.82) is 0 Å². The molecule has 1 heterocycles. The van der Waals surface area contributed by atoms with Crippen LogP contribution >= 0.6 is 0 Å². The number of rotatable bonds is 4. The summed E-state index contributed by atoms with van der Waals surface area (Å²) in [6.45, 7) is 6.55. The minimum absolute atomic E-state index is 0.0162. The molecule has 0 aliphatic carbocycles. The van der Waals surface area contributed by atoms with Crippen LogP contribution in [0.4, 0.5) is 0 Å². The zero-order valence-electron chi connectivity index (χ0n) is 12.3. The number of methoxy groups -OCH3 is 2. The number of nitrogens with zero attached hydrogens (tertiary/aromatic N) is 1. The number of para-hydroxylation sites is 1. The lowest BCUT2D eigenvalue weighted by Crippen LogP contribution is -2.17. The molecular weight excluding hydrogens is 238 g/mol. The molecule has 0 aliphatic rings. The van der Waals surface area contributed by atoms with E-state index in [2.05, 4.69) is 20.8 Å². The predicted molar refractivity (Wildman–Crippen MR) is 78.2 cm³/mol. The summed E-state index contributed by atoms with van der Waals surface area (Å²) in [5, 5.41) is 0.984. The van der Waals surface area contributed by atoms with Crippen LogP contribution < -0.4 is 9.47 Å². The van der Waals surface area contributed by atoms with Crippen LogP contribution in [0.2, 0.25) is 0 Å². The van der Waals surface area contributed by atoms with E-state index in [0.29, 0.717) is 0 Å². The molecule has 0 aliphatic heterocycles. The van der Waals surface area contributed by atoms with Gasteiger partial charge in [0.25, 0.3) is 0 Å². The van der Waals surface area contributed by atoms with Crippen LogP contribution in [-0.4, -0.2) is 19.2 Å². The second-order valence-electron chi connectivity index (χ2n) is 5.30. The fourth-order valence-electron chi connectivity index (χ4n) is 2.05. The first-order chi connectivity index (χ1) is 9.03. The molecule has 0 fully saturated rings. The molecule has 1 aromatic carbocycles. The minimum Gasteiger partial charge on any atom is -0.496 e. The maximum atomic E-state index is 5.51. The van der Waals surface area contributed by atoms with Crippen molar-refractivity contribution >= 4 is 10.9 Å². The summed E-state index contributed by atoms with van der Waals surface area (Å²) in [6.07, 6.45) is 1.02. The average molecular weight is 259 g/mol. The van der Waals surface area contributed by atoms with Crippen LogP contribution in [-0.2, 0) is 5.41 Å². The summed E-state index contributed by atoms with van der Waals surface area (Å²) in [6, 6.07) is 7.92. The second kappa shape index (κ2) is 5.08. The largest absolute Gasteiger partial charge is 0.496 e. The Hall–Kier alpha value is -1.77. The van der Waals surface area contributed by atoms with Crippen molar-refractivity contribution in [3.8, 4) is 11.5 Å². The fraction of sp³-hybridized carbons (Fsp3) is 0.438. The lowest BCUT2D eigenvalue weighted by molar-refractivity contribution is 0.409. The summed E-state index contributed by atoms with van der Waals surface area (Å²) < 4.78 is 10.9. The zero-order chi connectivity index (χ0) is 14.0. The molecule has 0 spiro atoms. The molecule has 2 rings (SSSR count). The van der Waals surface area contributed by atoms with E-state index in [9.17, 15) is 0 Å². The highest BCUT2D eigenvalue weighted by atomic mass is 16.5. The standard InChI is InChI=1S/C16H21NO2/c1-6-16(2,3)14-10-13(19-5)11-8-7-9-12(18-4)15(11)17-14/h7-10H,6H2,1-5H3. The van der Waals surface area contributed by atoms with Crippen molar-refractivity contribution in [1.82, 2.24) is 4.98 Å². The molecule has 0 radical (unpaired) electrons. The molecular formula is C16H21NO2. The first kappa shape index (κ1) is 13.7. The quantitative estimate of drug-likeness (QED) is 0.833. The van der Waals surface area contributed by atoms with E-state index in [4.69, 9.17) is 14.5 Å². The van der Waals surface area contributed by atoms with Gasteiger partial charge in [-0.15, -0.1) is 0 Å². The summed E-state index contributed by atoms with van der Waals surface area (Å²) in [5.74, 6) is 1.63. The minimum atomic E-state index is 0.0162. The summed E-state index contributed by atoms with van der Waals surface area (Å²) in [4.78, 5) is 4.79. The Kier molecular flexibility index (Phi) is 3.65. The van der Waals surface area contributed by atoms with Crippen LogP contribution in [0.1, 0.15) is 32.9 Å². The highest BCUT2D eigenvalue weighted by molar-refractivity contribution is 5.90. The van der Waals surface area contributed by atoms with Crippen LogP contribution in [0.5, 0.6) is 11.5 Å². The third kappa shape index (κ3) is 2.37. The molecule has 0 saturated carbocycles. The molecule has 3 heteroatoms. The van der Waals surface area contributed by atoms with Gasteiger partial charge in [-0.3, -0.25) is 0 Å². The van der Waals surface area contributed by atoms with Crippen LogP contribution in [0.3, 0.4) is 0 Å². The highest BCUT2D eigenvalue weighted by Gasteiger charge is 2.22. The van der Waals surface area contributed by atoms with E-state index in [0.717, 1.165) is 34.5 Å². The predicted octanol–water partition coefficient (Wildman–Crippen LogP) is 3.94. The first-order valence-corrected chi connectivity index (χ1v) is 6.55. The van der Waals surface area contributed by atoms with Crippen molar-refractivity contribution in [2.24, 2.45) is 0 Å². The van der Waals surface area contributed by atoms with E-state index in [-0.39, 0.29) is 5.41 Å². The Morgan fingerprint density at radius 2 is 1.79 bits per heavy atom. The lowest BCUT2D eigenvalue weighted by atomic mass is 9.85. The molecule has 19 heavy (non-hydrogen) atoms. The number of pyridine rings is 1. The molecule has 102 valence electrons. The Bertz CT molecular complexity index is 591. The van der Waals surface area contributed by atoms with Gasteiger partial charge in [-0.1, -0.05) is 26.8 Å². The molecule has 2 aromatic rings. The maximum Gasteiger partial charge on any atom is 0.145 e. The zero-order valence-corrected chi connectivity index (χ0v) is 12.3.